The highest BCUT2D eigenvalue weighted by Crippen LogP contribution is 2.20. The average molecular weight is 233 g/mol. The molecule has 6 nitrogen and oxygen atoms in total. The second-order valence-electron chi connectivity index (χ2n) is 3.66. The largest absolute Gasteiger partial charge is 0.379 e. The van der Waals surface area contributed by atoms with Crippen LogP contribution in [0.1, 0.15) is 11.3 Å². The van der Waals surface area contributed by atoms with E-state index < -0.39 is 4.92 Å². The molecule has 6 heteroatoms. The van der Waals surface area contributed by atoms with Gasteiger partial charge < -0.3 is 9.84 Å². The summed E-state index contributed by atoms with van der Waals surface area (Å²) in [6.45, 7) is 2.28. The lowest BCUT2D eigenvalue weighted by molar-refractivity contribution is -0.384. The normalized spacial score (nSPS) is 10.2. The highest BCUT2D eigenvalue weighted by atomic mass is 16.6. The van der Waals surface area contributed by atoms with Crippen LogP contribution in [0, 0.1) is 17.0 Å². The number of nitro benzene ring substituents is 1. The Morgan fingerprint density at radius 2 is 2.29 bits per heavy atom. The molecular formula is C11H11N3O3. The van der Waals surface area contributed by atoms with E-state index in [2.05, 4.69) is 10.5 Å². The molecule has 0 aliphatic heterocycles. The third-order valence-electron chi connectivity index (χ3n) is 2.24. The Kier molecular flexibility index (Phi) is 3.04. The van der Waals surface area contributed by atoms with Crippen LogP contribution in [0.5, 0.6) is 0 Å². The molecule has 1 aromatic carbocycles. The molecule has 1 aromatic heterocycles. The number of rotatable bonds is 4. The van der Waals surface area contributed by atoms with Gasteiger partial charge in [-0.2, -0.15) is 0 Å². The van der Waals surface area contributed by atoms with E-state index in [1.54, 1.807) is 6.07 Å². The lowest BCUT2D eigenvalue weighted by Gasteiger charge is -2.05. The van der Waals surface area contributed by atoms with Gasteiger partial charge in [0.1, 0.15) is 12.0 Å². The molecule has 0 aliphatic rings. The molecule has 0 atom stereocenters. The summed E-state index contributed by atoms with van der Waals surface area (Å²) in [7, 11) is 0. The van der Waals surface area contributed by atoms with Gasteiger partial charge in [-0.25, -0.2) is 0 Å². The Labute approximate surface area is 97.4 Å². The van der Waals surface area contributed by atoms with Crippen molar-refractivity contribution in [2.24, 2.45) is 0 Å². The molecule has 1 heterocycles. The highest BCUT2D eigenvalue weighted by molar-refractivity contribution is 5.53. The van der Waals surface area contributed by atoms with Crippen LogP contribution in [0.25, 0.3) is 0 Å². The minimum atomic E-state index is -0.408. The van der Waals surface area contributed by atoms with E-state index in [1.165, 1.54) is 18.4 Å². The van der Waals surface area contributed by atoms with Crippen molar-refractivity contribution >= 4 is 11.4 Å². The first-order chi connectivity index (χ1) is 8.15. The predicted octanol–water partition coefficient (Wildman–Crippen LogP) is 2.50. The fraction of sp³-hybridized carbons (Fsp3) is 0.182. The summed E-state index contributed by atoms with van der Waals surface area (Å²) in [6.07, 6.45) is 1.48. The quantitative estimate of drug-likeness (QED) is 0.648. The Hall–Kier alpha value is -2.37. The van der Waals surface area contributed by atoms with Gasteiger partial charge in [-0.1, -0.05) is 5.16 Å². The molecule has 0 unspecified atom stereocenters. The summed E-state index contributed by atoms with van der Waals surface area (Å²) in [5, 5.41) is 17.5. The van der Waals surface area contributed by atoms with E-state index in [4.69, 9.17) is 4.52 Å². The summed E-state index contributed by atoms with van der Waals surface area (Å²) in [4.78, 5) is 10.3. The number of hydrogen-bond acceptors (Lipinski definition) is 5. The van der Waals surface area contributed by atoms with Crippen molar-refractivity contribution in [2.75, 3.05) is 5.32 Å². The second-order valence-corrected chi connectivity index (χ2v) is 3.66. The van der Waals surface area contributed by atoms with E-state index in [9.17, 15) is 10.1 Å². The maximum atomic E-state index is 10.7. The zero-order valence-corrected chi connectivity index (χ0v) is 9.21. The topological polar surface area (TPSA) is 81.2 Å². The van der Waals surface area contributed by atoms with E-state index in [-0.39, 0.29) is 5.69 Å². The Morgan fingerprint density at radius 3 is 2.94 bits per heavy atom. The van der Waals surface area contributed by atoms with E-state index in [1.807, 2.05) is 13.0 Å². The maximum absolute atomic E-state index is 10.7. The zero-order valence-electron chi connectivity index (χ0n) is 9.21. The van der Waals surface area contributed by atoms with Gasteiger partial charge in [0.15, 0.2) is 0 Å². The van der Waals surface area contributed by atoms with Crippen molar-refractivity contribution in [2.45, 2.75) is 13.5 Å². The summed E-state index contributed by atoms with van der Waals surface area (Å²) in [5.41, 5.74) is 2.35. The first-order valence-corrected chi connectivity index (χ1v) is 5.04. The molecule has 2 rings (SSSR count). The van der Waals surface area contributed by atoms with Crippen molar-refractivity contribution in [3.05, 3.63) is 51.9 Å². The van der Waals surface area contributed by atoms with Gasteiger partial charge in [-0.15, -0.1) is 0 Å². The molecule has 17 heavy (non-hydrogen) atoms. The van der Waals surface area contributed by atoms with Crippen LogP contribution in [0.4, 0.5) is 11.4 Å². The second kappa shape index (κ2) is 4.65. The van der Waals surface area contributed by atoms with Crippen molar-refractivity contribution in [3.8, 4) is 0 Å². The first-order valence-electron chi connectivity index (χ1n) is 5.04. The summed E-state index contributed by atoms with van der Waals surface area (Å²) in [6, 6.07) is 6.60. The van der Waals surface area contributed by atoms with Gasteiger partial charge in [0, 0.05) is 23.9 Å². The fourth-order valence-corrected chi connectivity index (χ4v) is 1.49. The lowest BCUT2D eigenvalue weighted by atomic mass is 10.2. The standard InChI is InChI=1S/C11H11N3O3/c1-8-4-10(6-11(5-8)14(15)16)12-7-9-2-3-17-13-9/h2-6,12H,7H2,1H3. The summed E-state index contributed by atoms with van der Waals surface area (Å²) >= 11 is 0. The zero-order chi connectivity index (χ0) is 12.3. The molecular weight excluding hydrogens is 222 g/mol. The number of nitrogens with one attached hydrogen (secondary N) is 1. The van der Waals surface area contributed by atoms with Crippen LogP contribution in [-0.4, -0.2) is 10.1 Å². The monoisotopic (exact) mass is 233 g/mol. The molecule has 0 aliphatic carbocycles. The molecule has 0 amide bonds. The molecule has 0 saturated heterocycles. The third kappa shape index (κ3) is 2.81. The van der Waals surface area contributed by atoms with Crippen LogP contribution in [0.2, 0.25) is 0 Å². The van der Waals surface area contributed by atoms with Crippen LogP contribution in [0.3, 0.4) is 0 Å². The number of nitrogens with zero attached hydrogens (tertiary/aromatic N) is 2. The van der Waals surface area contributed by atoms with Gasteiger partial charge in [-0.3, -0.25) is 10.1 Å². The van der Waals surface area contributed by atoms with Crippen molar-refractivity contribution in [3.63, 3.8) is 0 Å². The molecule has 88 valence electrons. The van der Waals surface area contributed by atoms with Crippen molar-refractivity contribution < 1.29 is 9.45 Å². The molecule has 1 N–H and O–H groups in total. The number of hydrogen-bond donors (Lipinski definition) is 1. The van der Waals surface area contributed by atoms with Crippen molar-refractivity contribution in [1.82, 2.24) is 5.16 Å². The number of benzene rings is 1. The highest BCUT2D eigenvalue weighted by Gasteiger charge is 2.08. The maximum Gasteiger partial charge on any atom is 0.271 e. The SMILES string of the molecule is Cc1cc(NCc2ccon2)cc([N+](=O)[O-])c1. The lowest BCUT2D eigenvalue weighted by Crippen LogP contribution is -2.00. The van der Waals surface area contributed by atoms with E-state index >= 15 is 0 Å². The molecule has 2 aromatic rings. The number of nitro groups is 1. The van der Waals surface area contributed by atoms with Gasteiger partial charge in [0.05, 0.1) is 11.5 Å². The van der Waals surface area contributed by atoms with Crippen LogP contribution >= 0.6 is 0 Å². The Morgan fingerprint density at radius 1 is 1.47 bits per heavy atom. The molecule has 0 spiro atoms. The Balaban J connectivity index is 2.13. The van der Waals surface area contributed by atoms with E-state index in [0.29, 0.717) is 12.2 Å². The minimum absolute atomic E-state index is 0.0765. The molecule has 0 saturated carbocycles. The average Bonchev–Trinajstić information content (AvgIpc) is 2.78. The molecule has 0 fully saturated rings. The van der Waals surface area contributed by atoms with Crippen LogP contribution in [0.15, 0.2) is 35.1 Å². The molecule has 0 bridgehead atoms. The van der Waals surface area contributed by atoms with Crippen molar-refractivity contribution in [1.29, 1.82) is 0 Å². The van der Waals surface area contributed by atoms with Gasteiger partial charge >= 0.3 is 0 Å². The first kappa shape index (κ1) is 11.1. The number of anilines is 1. The summed E-state index contributed by atoms with van der Waals surface area (Å²) in [5.74, 6) is 0. The third-order valence-corrected chi connectivity index (χ3v) is 2.24. The minimum Gasteiger partial charge on any atom is -0.379 e. The van der Waals surface area contributed by atoms with Crippen LogP contribution in [-0.2, 0) is 6.54 Å². The van der Waals surface area contributed by atoms with Gasteiger partial charge in [0.2, 0.25) is 0 Å². The number of aryl methyl sites for hydroxylation is 1. The van der Waals surface area contributed by atoms with Crippen LogP contribution < -0.4 is 5.32 Å². The number of aromatic nitrogens is 1. The van der Waals surface area contributed by atoms with Gasteiger partial charge in [0.25, 0.3) is 5.69 Å². The Bertz CT molecular complexity index is 523. The smallest absolute Gasteiger partial charge is 0.271 e. The van der Waals surface area contributed by atoms with Gasteiger partial charge in [-0.05, 0) is 18.6 Å². The van der Waals surface area contributed by atoms with E-state index in [0.717, 1.165) is 11.3 Å². The number of non-ortho nitro benzene ring substituents is 1. The predicted molar refractivity (Wildman–Crippen MR) is 61.7 cm³/mol. The molecule has 0 radical (unpaired) electrons. The summed E-state index contributed by atoms with van der Waals surface area (Å²) < 4.78 is 4.69. The fourth-order valence-electron chi connectivity index (χ4n) is 1.49.